The standard InChI is InChI=1S/C22H36N2O2/c1-22(2,26)15-14-18-10-12-19(13-11-18)21(25)24(17-16-23(3)4)20-8-6-5-7-9-20/h10-13,20,26H,5-9,14-17H2,1-4H3. The lowest BCUT2D eigenvalue weighted by Gasteiger charge is -2.35. The van der Waals surface area contributed by atoms with Gasteiger partial charge >= 0.3 is 0 Å². The molecule has 0 spiro atoms. The van der Waals surface area contributed by atoms with Crippen molar-refractivity contribution in [1.29, 1.82) is 0 Å². The van der Waals surface area contributed by atoms with Crippen molar-refractivity contribution in [3.05, 3.63) is 35.4 Å². The molecule has 1 aliphatic carbocycles. The molecule has 0 aliphatic heterocycles. The average molecular weight is 361 g/mol. The van der Waals surface area contributed by atoms with Crippen LogP contribution in [0.4, 0.5) is 0 Å². The van der Waals surface area contributed by atoms with Gasteiger partial charge in [0.25, 0.3) is 5.91 Å². The molecule has 0 unspecified atom stereocenters. The van der Waals surface area contributed by atoms with E-state index in [-0.39, 0.29) is 5.91 Å². The maximum atomic E-state index is 13.2. The van der Waals surface area contributed by atoms with Gasteiger partial charge in [-0.15, -0.1) is 0 Å². The molecule has 1 aliphatic rings. The summed E-state index contributed by atoms with van der Waals surface area (Å²) in [4.78, 5) is 17.4. The molecule has 0 atom stereocenters. The fraction of sp³-hybridized carbons (Fsp3) is 0.682. The molecular weight excluding hydrogens is 324 g/mol. The Morgan fingerprint density at radius 1 is 1.08 bits per heavy atom. The van der Waals surface area contributed by atoms with E-state index in [1.54, 1.807) is 0 Å². The van der Waals surface area contributed by atoms with Gasteiger partial charge in [0.2, 0.25) is 0 Å². The summed E-state index contributed by atoms with van der Waals surface area (Å²) in [6.45, 7) is 5.35. The van der Waals surface area contributed by atoms with E-state index in [0.717, 1.165) is 44.3 Å². The molecule has 1 amide bonds. The number of hydrogen-bond acceptors (Lipinski definition) is 3. The number of aliphatic hydroxyl groups is 1. The van der Waals surface area contributed by atoms with Crippen molar-refractivity contribution in [3.63, 3.8) is 0 Å². The highest BCUT2D eigenvalue weighted by Gasteiger charge is 2.26. The van der Waals surface area contributed by atoms with Crippen LogP contribution in [0.1, 0.15) is 68.3 Å². The van der Waals surface area contributed by atoms with Crippen molar-refractivity contribution in [2.45, 2.75) is 70.4 Å². The van der Waals surface area contributed by atoms with E-state index in [4.69, 9.17) is 0 Å². The number of carbonyl (C=O) groups excluding carboxylic acids is 1. The molecule has 4 heteroatoms. The minimum absolute atomic E-state index is 0.160. The maximum Gasteiger partial charge on any atom is 0.254 e. The largest absolute Gasteiger partial charge is 0.390 e. The van der Waals surface area contributed by atoms with Crippen LogP contribution in [0.2, 0.25) is 0 Å². The van der Waals surface area contributed by atoms with Crippen LogP contribution in [-0.4, -0.2) is 59.6 Å². The van der Waals surface area contributed by atoms with Crippen LogP contribution in [0, 0.1) is 0 Å². The van der Waals surface area contributed by atoms with Gasteiger partial charge < -0.3 is 14.9 Å². The summed E-state index contributed by atoms with van der Waals surface area (Å²) in [5.41, 5.74) is 1.29. The number of hydrogen-bond donors (Lipinski definition) is 1. The van der Waals surface area contributed by atoms with E-state index in [1.807, 2.05) is 38.1 Å². The first-order chi connectivity index (χ1) is 12.3. The Morgan fingerprint density at radius 2 is 1.69 bits per heavy atom. The van der Waals surface area contributed by atoms with Gasteiger partial charge in [-0.2, -0.15) is 0 Å². The Hall–Kier alpha value is -1.39. The van der Waals surface area contributed by atoms with Gasteiger partial charge in [-0.3, -0.25) is 4.79 Å². The zero-order valence-corrected chi connectivity index (χ0v) is 17.0. The number of benzene rings is 1. The quantitative estimate of drug-likeness (QED) is 0.768. The molecule has 1 saturated carbocycles. The number of amides is 1. The number of likely N-dealkylation sites (N-methyl/N-ethyl adjacent to an activating group) is 1. The predicted octanol–water partition coefficient (Wildman–Crippen LogP) is 3.73. The third-order valence-electron chi connectivity index (χ3n) is 5.29. The third kappa shape index (κ3) is 6.73. The highest BCUT2D eigenvalue weighted by Crippen LogP contribution is 2.24. The van der Waals surface area contributed by atoms with E-state index in [1.165, 1.54) is 24.8 Å². The second-order valence-corrected chi connectivity index (χ2v) is 8.60. The summed E-state index contributed by atoms with van der Waals surface area (Å²) < 4.78 is 0. The lowest BCUT2D eigenvalue weighted by atomic mass is 9.93. The molecule has 0 radical (unpaired) electrons. The smallest absolute Gasteiger partial charge is 0.254 e. The number of rotatable bonds is 8. The Bertz CT molecular complexity index is 555. The van der Waals surface area contributed by atoms with Crippen LogP contribution in [0.3, 0.4) is 0 Å². The van der Waals surface area contributed by atoms with Gasteiger partial charge in [0, 0.05) is 24.7 Å². The summed E-state index contributed by atoms with van der Waals surface area (Å²) in [6, 6.07) is 8.35. The zero-order chi connectivity index (χ0) is 19.2. The molecule has 26 heavy (non-hydrogen) atoms. The van der Waals surface area contributed by atoms with Crippen LogP contribution < -0.4 is 0 Å². The molecule has 1 aromatic carbocycles. The highest BCUT2D eigenvalue weighted by molar-refractivity contribution is 5.94. The van der Waals surface area contributed by atoms with Crippen molar-refractivity contribution in [1.82, 2.24) is 9.80 Å². The fourth-order valence-corrected chi connectivity index (χ4v) is 3.58. The van der Waals surface area contributed by atoms with Crippen molar-refractivity contribution in [3.8, 4) is 0 Å². The first-order valence-corrected chi connectivity index (χ1v) is 10.0. The summed E-state index contributed by atoms with van der Waals surface area (Å²) >= 11 is 0. The molecule has 146 valence electrons. The van der Waals surface area contributed by atoms with Crippen LogP contribution in [0.25, 0.3) is 0 Å². The number of nitrogens with zero attached hydrogens (tertiary/aromatic N) is 2. The first-order valence-electron chi connectivity index (χ1n) is 10.0. The molecule has 0 saturated heterocycles. The fourth-order valence-electron chi connectivity index (χ4n) is 3.58. The molecule has 2 rings (SSSR count). The van der Waals surface area contributed by atoms with Gasteiger partial charge in [0.1, 0.15) is 0 Å². The Morgan fingerprint density at radius 3 is 2.23 bits per heavy atom. The molecule has 1 N–H and O–H groups in total. The molecule has 0 aromatic heterocycles. The normalized spacial score (nSPS) is 16.1. The van der Waals surface area contributed by atoms with E-state index in [2.05, 4.69) is 23.9 Å². The average Bonchev–Trinajstić information content (AvgIpc) is 2.60. The summed E-state index contributed by atoms with van der Waals surface area (Å²) in [5.74, 6) is 0.160. The van der Waals surface area contributed by atoms with Gasteiger partial charge in [-0.05, 0) is 71.3 Å². The van der Waals surface area contributed by atoms with E-state index < -0.39 is 5.60 Å². The second-order valence-electron chi connectivity index (χ2n) is 8.60. The Labute approximate surface area is 159 Å². The molecule has 1 aromatic rings. The van der Waals surface area contributed by atoms with Crippen LogP contribution in [0.5, 0.6) is 0 Å². The minimum Gasteiger partial charge on any atom is -0.390 e. The Kier molecular flexibility index (Phi) is 7.66. The molecule has 0 bridgehead atoms. The van der Waals surface area contributed by atoms with E-state index in [0.29, 0.717) is 6.04 Å². The monoisotopic (exact) mass is 360 g/mol. The second kappa shape index (κ2) is 9.52. The van der Waals surface area contributed by atoms with Gasteiger partial charge in [0.05, 0.1) is 5.60 Å². The number of aryl methyl sites for hydroxylation is 1. The number of carbonyl (C=O) groups is 1. The van der Waals surface area contributed by atoms with E-state index >= 15 is 0 Å². The SMILES string of the molecule is CN(C)CCN(C(=O)c1ccc(CCC(C)(C)O)cc1)C1CCCCC1. The third-order valence-corrected chi connectivity index (χ3v) is 5.29. The summed E-state index contributed by atoms with van der Waals surface area (Å²) in [5, 5.41) is 9.88. The molecule has 1 fully saturated rings. The summed E-state index contributed by atoms with van der Waals surface area (Å²) in [6.07, 6.45) is 7.55. The van der Waals surface area contributed by atoms with Crippen LogP contribution >= 0.6 is 0 Å². The lowest BCUT2D eigenvalue weighted by molar-refractivity contribution is 0.0617. The minimum atomic E-state index is -0.654. The first kappa shape index (κ1) is 20.9. The van der Waals surface area contributed by atoms with Gasteiger partial charge in [0.15, 0.2) is 0 Å². The molecule has 0 heterocycles. The lowest BCUT2D eigenvalue weighted by Crippen LogP contribution is -2.44. The molecule has 4 nitrogen and oxygen atoms in total. The topological polar surface area (TPSA) is 43.8 Å². The summed E-state index contributed by atoms with van der Waals surface area (Å²) in [7, 11) is 4.11. The van der Waals surface area contributed by atoms with Gasteiger partial charge in [-0.25, -0.2) is 0 Å². The zero-order valence-electron chi connectivity index (χ0n) is 17.0. The highest BCUT2D eigenvalue weighted by atomic mass is 16.3. The van der Waals surface area contributed by atoms with Crippen molar-refractivity contribution in [2.24, 2.45) is 0 Å². The molecular formula is C22H36N2O2. The Balaban J connectivity index is 2.06. The van der Waals surface area contributed by atoms with Gasteiger partial charge in [-0.1, -0.05) is 31.4 Å². The van der Waals surface area contributed by atoms with E-state index in [9.17, 15) is 9.90 Å². The maximum absolute atomic E-state index is 13.2. The van der Waals surface area contributed by atoms with Crippen LogP contribution in [0.15, 0.2) is 24.3 Å². The van der Waals surface area contributed by atoms with Crippen molar-refractivity contribution < 1.29 is 9.90 Å². The van der Waals surface area contributed by atoms with Crippen LogP contribution in [-0.2, 0) is 6.42 Å². The predicted molar refractivity (Wildman–Crippen MR) is 108 cm³/mol. The van der Waals surface area contributed by atoms with Crippen molar-refractivity contribution in [2.75, 3.05) is 27.2 Å². The van der Waals surface area contributed by atoms with Crippen molar-refractivity contribution >= 4 is 5.91 Å².